The summed E-state index contributed by atoms with van der Waals surface area (Å²) in [4.78, 5) is 10.8. The molecule has 1 aromatic rings. The van der Waals surface area contributed by atoms with Crippen molar-refractivity contribution in [1.29, 1.82) is 0 Å². The summed E-state index contributed by atoms with van der Waals surface area (Å²) >= 11 is 0. The van der Waals surface area contributed by atoms with Gasteiger partial charge in [0.15, 0.2) is 0 Å². The van der Waals surface area contributed by atoms with Gasteiger partial charge in [-0.05, 0) is 18.2 Å². The Morgan fingerprint density at radius 3 is 1.90 bits per heavy atom. The van der Waals surface area contributed by atoms with E-state index in [2.05, 4.69) is 16.6 Å². The number of alkyl halides is 6. The lowest BCUT2D eigenvalue weighted by Gasteiger charge is -2.12. The maximum atomic E-state index is 12.6. The van der Waals surface area contributed by atoms with Crippen LogP contribution in [0.5, 0.6) is 0 Å². The van der Waals surface area contributed by atoms with Gasteiger partial charge in [0.25, 0.3) is 0 Å². The van der Waals surface area contributed by atoms with Crippen molar-refractivity contribution in [3.8, 4) is 11.8 Å². The van der Waals surface area contributed by atoms with Crippen molar-refractivity contribution in [2.45, 2.75) is 18.8 Å². The van der Waals surface area contributed by atoms with Crippen LogP contribution in [0.1, 0.15) is 23.1 Å². The first-order chi connectivity index (χ1) is 9.54. The molecule has 0 aliphatic heterocycles. The van der Waals surface area contributed by atoms with Gasteiger partial charge in [-0.1, -0.05) is 11.8 Å². The van der Waals surface area contributed by atoms with Gasteiger partial charge in [-0.25, -0.2) is 0 Å². The van der Waals surface area contributed by atoms with E-state index in [9.17, 15) is 31.1 Å². The first-order valence-electron chi connectivity index (χ1n) is 5.39. The van der Waals surface area contributed by atoms with Crippen molar-refractivity contribution < 1.29 is 35.9 Å². The van der Waals surface area contributed by atoms with Crippen molar-refractivity contribution in [2.24, 2.45) is 0 Å². The Labute approximate surface area is 115 Å². The second-order valence-electron chi connectivity index (χ2n) is 3.85. The van der Waals surface area contributed by atoms with Gasteiger partial charge in [-0.3, -0.25) is 4.79 Å². The third kappa shape index (κ3) is 5.02. The number of esters is 1. The topological polar surface area (TPSA) is 26.3 Å². The molecular formula is C13H8F6O2. The van der Waals surface area contributed by atoms with Gasteiger partial charge < -0.3 is 4.74 Å². The lowest BCUT2D eigenvalue weighted by atomic mass is 10.0. The molecule has 0 unspecified atom stereocenters. The fourth-order valence-corrected chi connectivity index (χ4v) is 1.32. The Hall–Kier alpha value is -2.17. The lowest BCUT2D eigenvalue weighted by Crippen LogP contribution is -2.11. The van der Waals surface area contributed by atoms with Gasteiger partial charge in [0.05, 0.1) is 18.2 Å². The van der Waals surface area contributed by atoms with Gasteiger partial charge in [0.1, 0.15) is 6.42 Å². The average molecular weight is 310 g/mol. The highest BCUT2D eigenvalue weighted by Crippen LogP contribution is 2.36. The molecule has 0 aliphatic carbocycles. The van der Waals surface area contributed by atoms with E-state index >= 15 is 0 Å². The van der Waals surface area contributed by atoms with E-state index in [0.717, 1.165) is 7.11 Å². The highest BCUT2D eigenvalue weighted by Gasteiger charge is 2.36. The van der Waals surface area contributed by atoms with E-state index in [0.29, 0.717) is 12.1 Å². The van der Waals surface area contributed by atoms with Gasteiger partial charge >= 0.3 is 18.3 Å². The molecule has 0 radical (unpaired) electrons. The highest BCUT2D eigenvalue weighted by molar-refractivity contribution is 5.72. The summed E-state index contributed by atoms with van der Waals surface area (Å²) in [6, 6.07) is 0.977. The van der Waals surface area contributed by atoms with Gasteiger partial charge in [-0.2, -0.15) is 26.3 Å². The van der Waals surface area contributed by atoms with E-state index < -0.39 is 41.4 Å². The molecule has 8 heteroatoms. The molecule has 114 valence electrons. The molecule has 0 saturated heterocycles. The van der Waals surface area contributed by atoms with Gasteiger partial charge in [0, 0.05) is 5.56 Å². The Balaban J connectivity index is 3.23. The molecule has 1 rings (SSSR count). The summed E-state index contributed by atoms with van der Waals surface area (Å²) < 4.78 is 79.6. The average Bonchev–Trinajstić information content (AvgIpc) is 2.36. The van der Waals surface area contributed by atoms with Crippen LogP contribution >= 0.6 is 0 Å². The number of hydrogen-bond donors (Lipinski definition) is 0. The van der Waals surface area contributed by atoms with Crippen LogP contribution in [0.15, 0.2) is 18.2 Å². The zero-order valence-corrected chi connectivity index (χ0v) is 10.5. The quantitative estimate of drug-likeness (QED) is 0.450. The van der Waals surface area contributed by atoms with E-state index in [1.54, 1.807) is 0 Å². The van der Waals surface area contributed by atoms with Crippen LogP contribution in [-0.2, 0) is 21.9 Å². The molecule has 0 fully saturated rings. The predicted octanol–water partition coefficient (Wildman–Crippen LogP) is 3.64. The van der Waals surface area contributed by atoms with Crippen molar-refractivity contribution >= 4 is 5.97 Å². The minimum absolute atomic E-state index is 0.00544. The fraction of sp³-hybridized carbons (Fsp3) is 0.308. The Morgan fingerprint density at radius 1 is 1.05 bits per heavy atom. The molecule has 2 nitrogen and oxygen atoms in total. The molecule has 21 heavy (non-hydrogen) atoms. The monoisotopic (exact) mass is 310 g/mol. The zero-order valence-electron chi connectivity index (χ0n) is 10.5. The normalized spacial score (nSPS) is 11.6. The van der Waals surface area contributed by atoms with Crippen molar-refractivity contribution in [2.75, 3.05) is 7.11 Å². The first kappa shape index (κ1) is 16.9. The van der Waals surface area contributed by atoms with Gasteiger partial charge in [-0.15, -0.1) is 0 Å². The van der Waals surface area contributed by atoms with E-state index in [-0.39, 0.29) is 6.07 Å². The molecule has 1 aromatic carbocycles. The molecule has 0 atom stereocenters. The molecule has 0 bridgehead atoms. The number of halogens is 6. The maximum Gasteiger partial charge on any atom is 0.416 e. The SMILES string of the molecule is COC(=O)CC#Cc1cc(C(F)(F)F)cc(C(F)(F)F)c1. The minimum Gasteiger partial charge on any atom is -0.468 e. The molecule has 0 heterocycles. The summed E-state index contributed by atoms with van der Waals surface area (Å²) in [7, 11) is 1.08. The largest absolute Gasteiger partial charge is 0.468 e. The third-order valence-corrected chi connectivity index (χ3v) is 2.28. The van der Waals surface area contributed by atoms with Crippen LogP contribution in [0, 0.1) is 11.8 Å². The number of ether oxygens (including phenoxy) is 1. The summed E-state index contributed by atoms with van der Waals surface area (Å²) in [5.41, 5.74) is -3.40. The second kappa shape index (κ2) is 6.08. The summed E-state index contributed by atoms with van der Waals surface area (Å²) in [6.45, 7) is 0. The smallest absolute Gasteiger partial charge is 0.416 e. The Morgan fingerprint density at radius 2 is 1.52 bits per heavy atom. The number of methoxy groups -OCH3 is 1. The van der Waals surface area contributed by atoms with Crippen LogP contribution < -0.4 is 0 Å². The van der Waals surface area contributed by atoms with Crippen LogP contribution in [0.25, 0.3) is 0 Å². The number of carbonyl (C=O) groups is 1. The molecule has 0 aliphatic rings. The number of rotatable bonds is 1. The molecule has 0 amide bonds. The first-order valence-corrected chi connectivity index (χ1v) is 5.39. The zero-order chi connectivity index (χ0) is 16.3. The fourth-order valence-electron chi connectivity index (χ4n) is 1.32. The third-order valence-electron chi connectivity index (χ3n) is 2.28. The summed E-state index contributed by atoms with van der Waals surface area (Å²) in [5.74, 6) is 3.49. The van der Waals surface area contributed by atoms with Crippen molar-refractivity contribution in [3.05, 3.63) is 34.9 Å². The maximum absolute atomic E-state index is 12.6. The van der Waals surface area contributed by atoms with Crippen molar-refractivity contribution in [1.82, 2.24) is 0 Å². The Kier molecular flexibility index (Phi) is 4.88. The standard InChI is InChI=1S/C13H8F6O2/c1-21-11(20)4-2-3-8-5-9(12(14,15)16)7-10(6-8)13(17,18)19/h5-7H,4H2,1H3. The van der Waals surface area contributed by atoms with Crippen molar-refractivity contribution in [3.63, 3.8) is 0 Å². The Bertz CT molecular complexity index is 557. The van der Waals surface area contributed by atoms with Crippen LogP contribution in [0.2, 0.25) is 0 Å². The summed E-state index contributed by atoms with van der Waals surface area (Å²) in [6.07, 6.45) is -10.3. The molecule has 0 aromatic heterocycles. The molecule has 0 N–H and O–H groups in total. The predicted molar refractivity (Wildman–Crippen MR) is 60.0 cm³/mol. The number of hydrogen-bond acceptors (Lipinski definition) is 2. The second-order valence-corrected chi connectivity index (χ2v) is 3.85. The number of carbonyl (C=O) groups excluding carboxylic acids is 1. The molecule has 0 saturated carbocycles. The molecular weight excluding hydrogens is 302 g/mol. The van der Waals surface area contributed by atoms with Crippen LogP contribution in [-0.4, -0.2) is 13.1 Å². The van der Waals surface area contributed by atoms with Crippen LogP contribution in [0.4, 0.5) is 26.3 Å². The van der Waals surface area contributed by atoms with Crippen LogP contribution in [0.3, 0.4) is 0 Å². The molecule has 0 spiro atoms. The van der Waals surface area contributed by atoms with E-state index in [1.807, 2.05) is 0 Å². The lowest BCUT2D eigenvalue weighted by molar-refractivity contribution is -0.143. The summed E-state index contributed by atoms with van der Waals surface area (Å²) in [5, 5.41) is 0. The number of benzene rings is 1. The van der Waals surface area contributed by atoms with E-state index in [4.69, 9.17) is 0 Å². The minimum atomic E-state index is -4.93. The van der Waals surface area contributed by atoms with E-state index in [1.165, 1.54) is 0 Å². The van der Waals surface area contributed by atoms with Gasteiger partial charge in [0.2, 0.25) is 0 Å². The highest BCUT2D eigenvalue weighted by atomic mass is 19.4.